The van der Waals surface area contributed by atoms with Gasteiger partial charge < -0.3 is 9.64 Å². The highest BCUT2D eigenvalue weighted by atomic mass is 32.1. The van der Waals surface area contributed by atoms with Crippen LogP contribution in [0.4, 0.5) is 5.69 Å². The summed E-state index contributed by atoms with van der Waals surface area (Å²) in [5.41, 5.74) is 1.86. The monoisotopic (exact) mass is 327 g/mol. The van der Waals surface area contributed by atoms with E-state index in [0.717, 1.165) is 16.6 Å². The SMILES string of the molecule is Cc1csc([C@H]2N(c3ccccc3)[C@@]2(C)C2=NC(C)(C)CO2)n1. The van der Waals surface area contributed by atoms with Crippen molar-refractivity contribution >= 4 is 22.9 Å². The Kier molecular flexibility index (Phi) is 3.07. The van der Waals surface area contributed by atoms with E-state index in [2.05, 4.69) is 55.3 Å². The lowest BCUT2D eigenvalue weighted by atomic mass is 10.1. The molecule has 1 aromatic carbocycles. The lowest BCUT2D eigenvalue weighted by Gasteiger charge is -2.12. The van der Waals surface area contributed by atoms with Crippen molar-refractivity contribution in [1.82, 2.24) is 4.98 Å². The number of hydrogen-bond donors (Lipinski definition) is 0. The number of benzene rings is 1. The maximum atomic E-state index is 5.99. The molecule has 0 N–H and O–H groups in total. The molecule has 0 saturated carbocycles. The minimum atomic E-state index is -0.251. The van der Waals surface area contributed by atoms with Gasteiger partial charge in [0.2, 0.25) is 5.90 Å². The fourth-order valence-corrected chi connectivity index (χ4v) is 4.31. The highest BCUT2D eigenvalue weighted by Gasteiger charge is 2.67. The summed E-state index contributed by atoms with van der Waals surface area (Å²) in [6.07, 6.45) is 0. The van der Waals surface area contributed by atoms with Crippen molar-refractivity contribution < 1.29 is 4.74 Å². The molecule has 5 heteroatoms. The Morgan fingerprint density at radius 2 is 1.96 bits per heavy atom. The lowest BCUT2D eigenvalue weighted by Crippen LogP contribution is -2.26. The third-order valence-corrected chi connectivity index (χ3v) is 5.54. The van der Waals surface area contributed by atoms with Gasteiger partial charge >= 0.3 is 0 Å². The molecule has 0 unspecified atom stereocenters. The molecule has 23 heavy (non-hydrogen) atoms. The van der Waals surface area contributed by atoms with Crippen LogP contribution in [0.3, 0.4) is 0 Å². The summed E-state index contributed by atoms with van der Waals surface area (Å²) in [6.45, 7) is 9.12. The Balaban J connectivity index is 1.77. The molecule has 0 amide bonds. The van der Waals surface area contributed by atoms with Gasteiger partial charge in [0.15, 0.2) is 0 Å². The van der Waals surface area contributed by atoms with Gasteiger partial charge in [0, 0.05) is 16.8 Å². The quantitative estimate of drug-likeness (QED) is 0.800. The summed E-state index contributed by atoms with van der Waals surface area (Å²) in [4.78, 5) is 11.9. The first kappa shape index (κ1) is 14.7. The van der Waals surface area contributed by atoms with Gasteiger partial charge in [-0.25, -0.2) is 9.98 Å². The zero-order valence-corrected chi connectivity index (χ0v) is 14.7. The van der Waals surface area contributed by atoms with Crippen LogP contribution in [-0.2, 0) is 4.74 Å². The molecule has 1 fully saturated rings. The van der Waals surface area contributed by atoms with Crippen LogP contribution in [0.2, 0.25) is 0 Å². The molecule has 4 rings (SSSR count). The second-order valence-electron chi connectivity index (χ2n) is 7.10. The first-order valence-corrected chi connectivity index (χ1v) is 8.79. The third kappa shape index (κ3) is 2.26. The number of hydrogen-bond acceptors (Lipinski definition) is 5. The molecule has 4 nitrogen and oxygen atoms in total. The number of thiazole rings is 1. The molecule has 0 bridgehead atoms. The van der Waals surface area contributed by atoms with E-state index >= 15 is 0 Å². The van der Waals surface area contributed by atoms with Crippen molar-refractivity contribution in [2.45, 2.75) is 44.8 Å². The summed E-state index contributed by atoms with van der Waals surface area (Å²) < 4.78 is 5.99. The Bertz CT molecular complexity index is 768. The Morgan fingerprint density at radius 1 is 1.22 bits per heavy atom. The zero-order valence-electron chi connectivity index (χ0n) is 13.9. The highest BCUT2D eigenvalue weighted by molar-refractivity contribution is 7.09. The first-order chi connectivity index (χ1) is 10.9. The van der Waals surface area contributed by atoms with Gasteiger partial charge in [0.1, 0.15) is 23.2 Å². The average molecular weight is 327 g/mol. The van der Waals surface area contributed by atoms with Crippen LogP contribution < -0.4 is 4.90 Å². The Hall–Kier alpha value is -1.88. The number of aromatic nitrogens is 1. The maximum absolute atomic E-state index is 5.99. The van der Waals surface area contributed by atoms with Gasteiger partial charge in [0.05, 0.1) is 5.54 Å². The van der Waals surface area contributed by atoms with Crippen LogP contribution in [0.5, 0.6) is 0 Å². The molecule has 0 aliphatic carbocycles. The maximum Gasteiger partial charge on any atom is 0.213 e. The molecular formula is C18H21N3OS. The van der Waals surface area contributed by atoms with Crippen LogP contribution in [0.15, 0.2) is 40.7 Å². The Labute approximate surface area is 140 Å². The van der Waals surface area contributed by atoms with Gasteiger partial charge in [-0.05, 0) is 39.8 Å². The predicted molar refractivity (Wildman–Crippen MR) is 94.4 cm³/mol. The number of anilines is 1. The first-order valence-electron chi connectivity index (χ1n) is 7.91. The van der Waals surface area contributed by atoms with E-state index < -0.39 is 0 Å². The molecule has 1 saturated heterocycles. The minimum Gasteiger partial charge on any atom is -0.477 e. The van der Waals surface area contributed by atoms with Crippen molar-refractivity contribution in [3.8, 4) is 0 Å². The number of aliphatic imine (C=N–C) groups is 1. The topological polar surface area (TPSA) is 37.5 Å². The molecule has 2 aliphatic heterocycles. The average Bonchev–Trinajstić information content (AvgIpc) is 2.81. The molecule has 0 radical (unpaired) electrons. The number of nitrogens with zero attached hydrogens (tertiary/aromatic N) is 3. The summed E-state index contributed by atoms with van der Waals surface area (Å²) in [5.74, 6) is 0.837. The third-order valence-electron chi connectivity index (χ3n) is 4.53. The normalized spacial score (nSPS) is 28.4. The molecule has 3 heterocycles. The van der Waals surface area contributed by atoms with Crippen LogP contribution in [-0.4, -0.2) is 28.6 Å². The molecule has 1 aromatic heterocycles. The van der Waals surface area contributed by atoms with E-state index in [1.807, 2.05) is 13.0 Å². The van der Waals surface area contributed by atoms with E-state index in [-0.39, 0.29) is 17.1 Å². The smallest absolute Gasteiger partial charge is 0.213 e. The number of para-hydroxylation sites is 1. The molecule has 120 valence electrons. The minimum absolute atomic E-state index is 0.146. The van der Waals surface area contributed by atoms with Crippen LogP contribution >= 0.6 is 11.3 Å². The van der Waals surface area contributed by atoms with E-state index in [1.54, 1.807) is 11.3 Å². The predicted octanol–water partition coefficient (Wildman–Crippen LogP) is 3.98. The molecule has 0 spiro atoms. The highest BCUT2D eigenvalue weighted by Crippen LogP contribution is 2.58. The number of rotatable bonds is 3. The van der Waals surface area contributed by atoms with Gasteiger partial charge in [-0.3, -0.25) is 0 Å². The second kappa shape index (κ2) is 4.81. The summed E-state index contributed by atoms with van der Waals surface area (Å²) in [6, 6.07) is 10.6. The largest absolute Gasteiger partial charge is 0.477 e. The van der Waals surface area contributed by atoms with Crippen molar-refractivity contribution in [3.63, 3.8) is 0 Å². The lowest BCUT2D eigenvalue weighted by molar-refractivity contribution is 0.270. The second-order valence-corrected chi connectivity index (χ2v) is 7.99. The fourth-order valence-electron chi connectivity index (χ4n) is 3.31. The van der Waals surface area contributed by atoms with Crippen LogP contribution in [0.25, 0.3) is 0 Å². The van der Waals surface area contributed by atoms with Crippen molar-refractivity contribution in [2.75, 3.05) is 11.5 Å². The summed E-state index contributed by atoms with van der Waals surface area (Å²) in [5, 5.41) is 3.24. The van der Waals surface area contributed by atoms with Gasteiger partial charge in [-0.1, -0.05) is 18.2 Å². The van der Waals surface area contributed by atoms with Crippen LogP contribution in [0.1, 0.15) is 37.5 Å². The standard InChI is InChI=1S/C18H21N3OS/c1-12-10-23-15(19-12)14-18(4,16-20-17(2,3)11-22-16)21(14)13-8-6-5-7-9-13/h5-10,14H,11H2,1-4H3/t14-,18-,21?/m1/s1. The number of ether oxygens (including phenoxy) is 1. The van der Waals surface area contributed by atoms with E-state index in [9.17, 15) is 0 Å². The summed E-state index contributed by atoms with van der Waals surface area (Å²) in [7, 11) is 0. The van der Waals surface area contributed by atoms with Crippen molar-refractivity contribution in [3.05, 3.63) is 46.4 Å². The van der Waals surface area contributed by atoms with Crippen LogP contribution in [0, 0.1) is 6.92 Å². The molecule has 2 atom stereocenters. The molecule has 2 aromatic rings. The van der Waals surface area contributed by atoms with E-state index in [4.69, 9.17) is 14.7 Å². The molecule has 2 aliphatic rings. The van der Waals surface area contributed by atoms with E-state index in [1.165, 1.54) is 5.69 Å². The van der Waals surface area contributed by atoms with Crippen molar-refractivity contribution in [1.29, 1.82) is 0 Å². The van der Waals surface area contributed by atoms with Crippen molar-refractivity contribution in [2.24, 2.45) is 4.99 Å². The van der Waals surface area contributed by atoms with Gasteiger partial charge in [-0.2, -0.15) is 0 Å². The van der Waals surface area contributed by atoms with Gasteiger partial charge in [0.25, 0.3) is 0 Å². The summed E-state index contributed by atoms with van der Waals surface area (Å²) >= 11 is 1.72. The Morgan fingerprint density at radius 3 is 2.52 bits per heavy atom. The van der Waals surface area contributed by atoms with Gasteiger partial charge in [-0.15, -0.1) is 11.3 Å². The zero-order chi connectivity index (χ0) is 16.2. The fraction of sp³-hybridized carbons (Fsp3) is 0.444. The number of aryl methyl sites for hydroxylation is 1. The van der Waals surface area contributed by atoms with E-state index in [0.29, 0.717) is 6.61 Å². The molecular weight excluding hydrogens is 306 g/mol.